The van der Waals surface area contributed by atoms with Crippen LogP contribution in [-0.2, 0) is 17.6 Å². The maximum absolute atomic E-state index is 14.0. The molecule has 38 heavy (non-hydrogen) atoms. The number of nitrogens with zero attached hydrogens (tertiary/aromatic N) is 3. The van der Waals surface area contributed by atoms with Gasteiger partial charge < -0.3 is 15.2 Å². The number of ether oxygens (including phenoxy) is 2. The number of benzene rings is 1. The smallest absolute Gasteiger partial charge is 0.164 e. The Hall–Kier alpha value is -3.57. The number of hydrogen-bond acceptors (Lipinski definition) is 8. The van der Waals surface area contributed by atoms with Crippen molar-refractivity contribution in [1.29, 1.82) is 5.26 Å². The van der Waals surface area contributed by atoms with Gasteiger partial charge in [-0.15, -0.1) is 11.3 Å². The van der Waals surface area contributed by atoms with Gasteiger partial charge in [0.15, 0.2) is 23.1 Å². The number of hydrogen-bond donors (Lipinski definition) is 1. The number of allylic oxidation sites excluding steroid dienone is 3. The Bertz CT molecular complexity index is 1500. The van der Waals surface area contributed by atoms with Crippen LogP contribution < -0.4 is 20.1 Å². The topological polar surface area (TPSA) is 101 Å². The van der Waals surface area contributed by atoms with Crippen LogP contribution in [0.3, 0.4) is 0 Å². The summed E-state index contributed by atoms with van der Waals surface area (Å²) in [6.45, 7) is 4.26. The van der Waals surface area contributed by atoms with Gasteiger partial charge in [0.2, 0.25) is 0 Å². The Morgan fingerprint density at radius 1 is 1.16 bits per heavy atom. The standard InChI is InChI=1S/C30H32N4O3S/c1-30(2)13-19-25(20(35)14-30)23(17-10-8-11-21(36-3)26(17)37-4)18(15-31)28-33-27(32)24-16-9-6-5-7-12-22(16)38-29(24)34(19)28/h8,10-11,23H,5-7,9,12-14H2,1-4H3,(H2,32,33)/t23-/m1/s1. The van der Waals surface area contributed by atoms with E-state index in [1.54, 1.807) is 25.6 Å². The molecule has 2 N–H and O–H groups in total. The number of carbonyl (C=O) groups is 1. The zero-order valence-corrected chi connectivity index (χ0v) is 23.1. The van der Waals surface area contributed by atoms with Crippen LogP contribution >= 0.6 is 11.3 Å². The molecule has 4 aliphatic rings. The molecular weight excluding hydrogens is 496 g/mol. The number of nitrogens with two attached hydrogens (primary N) is 1. The van der Waals surface area contributed by atoms with Gasteiger partial charge in [0.05, 0.1) is 37.3 Å². The quantitative estimate of drug-likeness (QED) is 0.510. The van der Waals surface area contributed by atoms with Crippen molar-refractivity contribution in [1.82, 2.24) is 0 Å². The normalized spacial score (nSPS) is 22.0. The van der Waals surface area contributed by atoms with Crippen LogP contribution in [0.15, 0.2) is 45.9 Å². The van der Waals surface area contributed by atoms with Crippen LogP contribution in [0.2, 0.25) is 0 Å². The number of thiophene rings is 1. The van der Waals surface area contributed by atoms with Crippen LogP contribution in [0.5, 0.6) is 11.5 Å². The third-order valence-electron chi connectivity index (χ3n) is 8.15. The molecule has 0 spiro atoms. The Morgan fingerprint density at radius 2 is 1.95 bits per heavy atom. The van der Waals surface area contributed by atoms with Gasteiger partial charge in [-0.1, -0.05) is 32.4 Å². The van der Waals surface area contributed by atoms with E-state index in [4.69, 9.17) is 20.2 Å². The van der Waals surface area contributed by atoms with Crippen molar-refractivity contribution in [2.24, 2.45) is 16.1 Å². The molecule has 2 aliphatic heterocycles. The SMILES string of the molecule is COc1cccc([C@@H]2C(C#N)=C3N=C(N)c4c(sc5c4CCCCC5)N3C3=C2C(=O)CC(C)(C)C3)c1OC. The van der Waals surface area contributed by atoms with E-state index in [9.17, 15) is 10.1 Å². The van der Waals surface area contributed by atoms with E-state index in [1.165, 1.54) is 16.9 Å². The number of anilines is 1. The fourth-order valence-electron chi connectivity index (χ4n) is 6.56. The van der Waals surface area contributed by atoms with Crippen molar-refractivity contribution in [3.63, 3.8) is 0 Å². The summed E-state index contributed by atoms with van der Waals surface area (Å²) < 4.78 is 11.4. The summed E-state index contributed by atoms with van der Waals surface area (Å²) in [7, 11) is 3.17. The van der Waals surface area contributed by atoms with Gasteiger partial charge in [-0.2, -0.15) is 5.26 Å². The molecule has 1 aromatic heterocycles. The lowest BCUT2D eigenvalue weighted by molar-refractivity contribution is -0.118. The molecule has 0 saturated heterocycles. The average Bonchev–Trinajstić information content (AvgIpc) is 3.09. The molecule has 8 heteroatoms. The van der Waals surface area contributed by atoms with Gasteiger partial charge in [-0.3, -0.25) is 9.69 Å². The van der Waals surface area contributed by atoms with Gasteiger partial charge in [-0.25, -0.2) is 4.99 Å². The Morgan fingerprint density at radius 3 is 2.68 bits per heavy atom. The summed E-state index contributed by atoms with van der Waals surface area (Å²) in [5.41, 5.74) is 11.4. The second kappa shape index (κ2) is 9.02. The number of aliphatic imine (C=N–C) groups is 1. The van der Waals surface area contributed by atoms with Crippen LogP contribution in [-0.4, -0.2) is 25.8 Å². The van der Waals surface area contributed by atoms with Crippen molar-refractivity contribution in [3.05, 3.63) is 62.4 Å². The highest BCUT2D eigenvalue weighted by atomic mass is 32.1. The third kappa shape index (κ3) is 3.59. The van der Waals surface area contributed by atoms with Crippen molar-refractivity contribution < 1.29 is 14.3 Å². The molecule has 1 aromatic carbocycles. The molecular formula is C30H32N4O3S. The van der Waals surface area contributed by atoms with E-state index in [1.807, 2.05) is 18.2 Å². The molecule has 0 bridgehead atoms. The molecule has 0 saturated carbocycles. The summed E-state index contributed by atoms with van der Waals surface area (Å²) in [5, 5.41) is 11.6. The summed E-state index contributed by atoms with van der Waals surface area (Å²) in [5.74, 6) is 1.48. The number of carbonyl (C=O) groups excluding carboxylic acids is 1. The Labute approximate surface area is 227 Å². The molecule has 7 nitrogen and oxygen atoms in total. The van der Waals surface area contributed by atoms with E-state index in [2.05, 4.69) is 24.8 Å². The summed E-state index contributed by atoms with van der Waals surface area (Å²) in [6, 6.07) is 8.03. The first-order valence-corrected chi connectivity index (χ1v) is 14.0. The lowest BCUT2D eigenvalue weighted by Crippen LogP contribution is -2.42. The molecule has 3 heterocycles. The fraction of sp³-hybridized carbons (Fsp3) is 0.433. The highest BCUT2D eigenvalue weighted by Gasteiger charge is 2.48. The molecule has 0 unspecified atom stereocenters. The van der Waals surface area contributed by atoms with E-state index in [0.717, 1.165) is 47.5 Å². The molecule has 196 valence electrons. The molecule has 0 radical (unpaired) electrons. The summed E-state index contributed by atoms with van der Waals surface area (Å²) in [4.78, 5) is 22.4. The summed E-state index contributed by atoms with van der Waals surface area (Å²) in [6.07, 6.45) is 6.61. The van der Waals surface area contributed by atoms with E-state index in [-0.39, 0.29) is 11.2 Å². The van der Waals surface area contributed by atoms with Crippen molar-refractivity contribution in [2.45, 2.75) is 64.7 Å². The number of aryl methyl sites for hydroxylation is 1. The van der Waals surface area contributed by atoms with Crippen molar-refractivity contribution >= 4 is 28.0 Å². The van der Waals surface area contributed by atoms with E-state index in [0.29, 0.717) is 47.1 Å². The van der Waals surface area contributed by atoms with E-state index < -0.39 is 5.92 Å². The lowest BCUT2D eigenvalue weighted by atomic mass is 9.68. The van der Waals surface area contributed by atoms with Crippen LogP contribution in [0.4, 0.5) is 5.00 Å². The highest BCUT2D eigenvalue weighted by molar-refractivity contribution is 7.17. The van der Waals surface area contributed by atoms with Crippen LogP contribution in [0, 0.1) is 16.7 Å². The van der Waals surface area contributed by atoms with Crippen LogP contribution in [0.1, 0.15) is 73.4 Å². The molecule has 0 amide bonds. The predicted molar refractivity (Wildman–Crippen MR) is 149 cm³/mol. The largest absolute Gasteiger partial charge is 0.493 e. The number of methoxy groups -OCH3 is 2. The van der Waals surface area contributed by atoms with Gasteiger partial charge in [-0.05, 0) is 49.1 Å². The van der Waals surface area contributed by atoms with Crippen molar-refractivity contribution in [3.8, 4) is 17.6 Å². The second-order valence-corrected chi connectivity index (χ2v) is 12.3. The number of rotatable bonds is 3. The predicted octanol–water partition coefficient (Wildman–Crippen LogP) is 5.74. The molecule has 2 aromatic rings. The minimum Gasteiger partial charge on any atom is -0.493 e. The maximum Gasteiger partial charge on any atom is 0.164 e. The molecule has 2 aliphatic carbocycles. The fourth-order valence-corrected chi connectivity index (χ4v) is 7.99. The van der Waals surface area contributed by atoms with Crippen molar-refractivity contribution in [2.75, 3.05) is 19.1 Å². The Balaban J connectivity index is 1.66. The first-order chi connectivity index (χ1) is 18.3. The van der Waals surface area contributed by atoms with Gasteiger partial charge >= 0.3 is 0 Å². The molecule has 0 fully saturated rings. The summed E-state index contributed by atoms with van der Waals surface area (Å²) >= 11 is 1.75. The zero-order valence-electron chi connectivity index (χ0n) is 22.3. The minimum absolute atomic E-state index is 0.0557. The average molecular weight is 529 g/mol. The number of Topliss-reactive ketones (excluding diaryl/α,β-unsaturated/α-hetero) is 1. The maximum atomic E-state index is 14.0. The number of nitriles is 1. The number of fused-ring (bicyclic) bond motifs is 6. The molecule has 6 rings (SSSR count). The lowest BCUT2D eigenvalue weighted by Gasteiger charge is -2.44. The first kappa shape index (κ1) is 24.7. The minimum atomic E-state index is -0.620. The third-order valence-corrected chi connectivity index (χ3v) is 9.43. The highest BCUT2D eigenvalue weighted by Crippen LogP contribution is 2.56. The zero-order chi connectivity index (χ0) is 26.8. The second-order valence-electron chi connectivity index (χ2n) is 11.2. The number of ketones is 1. The van der Waals surface area contributed by atoms with E-state index >= 15 is 0 Å². The van der Waals surface area contributed by atoms with Gasteiger partial charge in [0.1, 0.15) is 10.8 Å². The number of amidine groups is 1. The monoisotopic (exact) mass is 528 g/mol. The molecule has 1 atom stereocenters. The number of para-hydroxylation sites is 1. The van der Waals surface area contributed by atoms with Gasteiger partial charge in [0.25, 0.3) is 0 Å². The van der Waals surface area contributed by atoms with Gasteiger partial charge in [0, 0.05) is 28.1 Å². The van der Waals surface area contributed by atoms with Crippen LogP contribution in [0.25, 0.3) is 0 Å². The Kier molecular flexibility index (Phi) is 5.88. The first-order valence-electron chi connectivity index (χ1n) is 13.2.